The van der Waals surface area contributed by atoms with E-state index in [2.05, 4.69) is 25.7 Å². The summed E-state index contributed by atoms with van der Waals surface area (Å²) >= 11 is 1.34. The maximum Gasteiger partial charge on any atom is 0.231 e. The first-order valence-corrected chi connectivity index (χ1v) is 8.28. The van der Waals surface area contributed by atoms with E-state index in [9.17, 15) is 4.79 Å². The molecule has 1 amide bonds. The molecule has 0 aliphatic carbocycles. The van der Waals surface area contributed by atoms with Gasteiger partial charge in [-0.15, -0.1) is 10.2 Å². The molecule has 1 N–H and O–H groups in total. The van der Waals surface area contributed by atoms with E-state index >= 15 is 0 Å². The van der Waals surface area contributed by atoms with Gasteiger partial charge in [0, 0.05) is 11.0 Å². The van der Waals surface area contributed by atoms with E-state index in [1.807, 2.05) is 51.1 Å². The summed E-state index contributed by atoms with van der Waals surface area (Å²) in [7, 11) is 1.71. The van der Waals surface area contributed by atoms with Crippen LogP contribution in [0.15, 0.2) is 30.3 Å². The maximum absolute atomic E-state index is 12.2. The van der Waals surface area contributed by atoms with Crippen LogP contribution in [0, 0.1) is 5.41 Å². The highest BCUT2D eigenvalue weighted by molar-refractivity contribution is 7.19. The molecule has 0 aliphatic heterocycles. The monoisotopic (exact) mass is 342 g/mol. The van der Waals surface area contributed by atoms with Crippen LogP contribution >= 0.6 is 11.3 Å². The summed E-state index contributed by atoms with van der Waals surface area (Å²) in [5.41, 5.74) is 1.18. The first kappa shape index (κ1) is 16.3. The average Bonchev–Trinajstić information content (AvgIpc) is 3.13. The summed E-state index contributed by atoms with van der Waals surface area (Å²) in [4.78, 5) is 19.0. The van der Waals surface area contributed by atoms with Crippen molar-refractivity contribution in [2.45, 2.75) is 20.8 Å². The van der Waals surface area contributed by atoms with Crippen molar-refractivity contribution in [2.24, 2.45) is 12.5 Å². The zero-order chi connectivity index (χ0) is 17.3. The van der Waals surface area contributed by atoms with Crippen LogP contribution in [-0.4, -0.2) is 31.1 Å². The van der Waals surface area contributed by atoms with Gasteiger partial charge in [-0.25, -0.2) is 4.98 Å². The van der Waals surface area contributed by atoms with Gasteiger partial charge >= 0.3 is 0 Å². The number of thiazole rings is 1. The van der Waals surface area contributed by atoms with Crippen molar-refractivity contribution < 1.29 is 4.79 Å². The number of aromatic nitrogens is 5. The number of nitrogens with one attached hydrogen (secondary N) is 1. The van der Waals surface area contributed by atoms with E-state index in [1.54, 1.807) is 7.05 Å². The molecule has 0 radical (unpaired) electrons. The quantitative estimate of drug-likeness (QED) is 0.791. The SMILES string of the molecule is Cn1nnc(-c2sc(NC(=O)C(C)(C)C)nc2-c2ccccc2)n1. The number of hydrogen-bond donors (Lipinski definition) is 1. The predicted octanol–water partition coefficient (Wildman–Crippen LogP) is 2.99. The smallest absolute Gasteiger partial charge is 0.231 e. The molecular weight excluding hydrogens is 324 g/mol. The Bertz CT molecular complexity index is 862. The van der Waals surface area contributed by atoms with E-state index in [-0.39, 0.29) is 5.91 Å². The molecule has 0 bridgehead atoms. The minimum Gasteiger partial charge on any atom is -0.301 e. The minimum atomic E-state index is -0.496. The van der Waals surface area contributed by atoms with Crippen LogP contribution in [0.3, 0.4) is 0 Å². The Morgan fingerprint density at radius 2 is 1.92 bits per heavy atom. The van der Waals surface area contributed by atoms with Gasteiger partial charge < -0.3 is 5.32 Å². The molecule has 0 aliphatic rings. The highest BCUT2D eigenvalue weighted by Crippen LogP contribution is 2.37. The molecule has 8 heteroatoms. The second-order valence-electron chi connectivity index (χ2n) is 6.37. The molecular formula is C16H18N6OS. The maximum atomic E-state index is 12.2. The fraction of sp³-hybridized carbons (Fsp3) is 0.312. The Kier molecular flexibility index (Phi) is 4.15. The molecule has 124 valence electrons. The summed E-state index contributed by atoms with van der Waals surface area (Å²) in [5.74, 6) is 0.402. The van der Waals surface area contributed by atoms with Crippen molar-refractivity contribution in [3.05, 3.63) is 30.3 Å². The second kappa shape index (κ2) is 6.12. The van der Waals surface area contributed by atoms with Gasteiger partial charge in [-0.2, -0.15) is 4.80 Å². The lowest BCUT2D eigenvalue weighted by Gasteiger charge is -2.15. The van der Waals surface area contributed by atoms with Crippen LogP contribution in [0.1, 0.15) is 20.8 Å². The molecule has 2 aromatic heterocycles. The van der Waals surface area contributed by atoms with E-state index < -0.39 is 5.41 Å². The largest absolute Gasteiger partial charge is 0.301 e. The molecule has 1 aromatic carbocycles. The van der Waals surface area contributed by atoms with Crippen LogP contribution in [0.25, 0.3) is 22.0 Å². The Labute approximate surface area is 143 Å². The lowest BCUT2D eigenvalue weighted by atomic mass is 9.96. The molecule has 0 spiro atoms. The molecule has 3 aromatic rings. The number of carbonyl (C=O) groups excluding carboxylic acids is 1. The van der Waals surface area contributed by atoms with E-state index in [1.165, 1.54) is 16.1 Å². The van der Waals surface area contributed by atoms with Crippen molar-refractivity contribution in [1.29, 1.82) is 0 Å². The number of amides is 1. The molecule has 7 nitrogen and oxygen atoms in total. The Hall–Kier alpha value is -2.61. The van der Waals surface area contributed by atoms with Crippen molar-refractivity contribution in [3.63, 3.8) is 0 Å². The van der Waals surface area contributed by atoms with Gasteiger partial charge in [0.15, 0.2) is 5.13 Å². The van der Waals surface area contributed by atoms with Crippen LogP contribution < -0.4 is 5.32 Å². The number of nitrogens with zero attached hydrogens (tertiary/aromatic N) is 5. The summed E-state index contributed by atoms with van der Waals surface area (Å²) in [5, 5.41) is 15.6. The number of benzene rings is 1. The van der Waals surface area contributed by atoms with Crippen molar-refractivity contribution in [2.75, 3.05) is 5.32 Å². The number of carbonyl (C=O) groups is 1. The standard InChI is InChI=1S/C16H18N6OS/c1-16(2,3)14(23)18-15-17-11(10-8-6-5-7-9-10)12(24-15)13-19-21-22(4)20-13/h5-9H,1-4H3,(H,17,18,23). The van der Waals surface area contributed by atoms with Crippen molar-refractivity contribution in [3.8, 4) is 22.0 Å². The number of rotatable bonds is 3. The van der Waals surface area contributed by atoms with Crippen LogP contribution in [0.4, 0.5) is 5.13 Å². The molecule has 2 heterocycles. The number of anilines is 1. The first-order valence-electron chi connectivity index (χ1n) is 7.46. The van der Waals surface area contributed by atoms with Gasteiger partial charge in [0.1, 0.15) is 4.88 Å². The summed E-state index contributed by atoms with van der Waals surface area (Å²) < 4.78 is 0. The van der Waals surface area contributed by atoms with Crippen molar-refractivity contribution >= 4 is 22.4 Å². The molecule has 3 rings (SSSR count). The third-order valence-corrected chi connectivity index (χ3v) is 4.25. The third kappa shape index (κ3) is 3.33. The third-order valence-electron chi connectivity index (χ3n) is 3.29. The number of hydrogen-bond acceptors (Lipinski definition) is 6. The Morgan fingerprint density at radius 1 is 1.21 bits per heavy atom. The number of tetrazole rings is 1. The summed E-state index contributed by atoms with van der Waals surface area (Å²) in [6.45, 7) is 5.58. The minimum absolute atomic E-state index is 0.0884. The number of aryl methyl sites for hydroxylation is 1. The van der Waals surface area contributed by atoms with Gasteiger partial charge in [0.25, 0.3) is 0 Å². The molecule has 0 saturated carbocycles. The van der Waals surface area contributed by atoms with E-state index in [4.69, 9.17) is 0 Å². The zero-order valence-electron chi connectivity index (χ0n) is 13.9. The highest BCUT2D eigenvalue weighted by atomic mass is 32.1. The van der Waals surface area contributed by atoms with Gasteiger partial charge in [-0.1, -0.05) is 62.4 Å². The summed E-state index contributed by atoms with van der Waals surface area (Å²) in [6, 6.07) is 9.75. The van der Waals surface area contributed by atoms with Gasteiger partial charge in [-0.3, -0.25) is 4.79 Å². The fourth-order valence-corrected chi connectivity index (χ4v) is 2.88. The van der Waals surface area contributed by atoms with Crippen molar-refractivity contribution in [1.82, 2.24) is 25.2 Å². The summed E-state index contributed by atoms with van der Waals surface area (Å²) in [6.07, 6.45) is 0. The molecule has 0 saturated heterocycles. The average molecular weight is 342 g/mol. The highest BCUT2D eigenvalue weighted by Gasteiger charge is 2.24. The lowest BCUT2D eigenvalue weighted by molar-refractivity contribution is -0.123. The van der Waals surface area contributed by atoms with Gasteiger partial charge in [0.2, 0.25) is 11.7 Å². The van der Waals surface area contributed by atoms with Gasteiger partial charge in [-0.05, 0) is 5.21 Å². The van der Waals surface area contributed by atoms with Gasteiger partial charge in [0.05, 0.1) is 12.7 Å². The first-order chi connectivity index (χ1) is 11.3. The normalized spacial score (nSPS) is 11.5. The fourth-order valence-electron chi connectivity index (χ4n) is 1.98. The Balaban J connectivity index is 2.05. The van der Waals surface area contributed by atoms with Crippen LogP contribution in [0.2, 0.25) is 0 Å². The molecule has 0 unspecified atom stereocenters. The topological polar surface area (TPSA) is 85.6 Å². The molecule has 0 atom stereocenters. The zero-order valence-corrected chi connectivity index (χ0v) is 14.8. The molecule has 24 heavy (non-hydrogen) atoms. The second-order valence-corrected chi connectivity index (χ2v) is 7.37. The molecule has 0 fully saturated rings. The van der Waals surface area contributed by atoms with E-state index in [0.29, 0.717) is 11.0 Å². The predicted molar refractivity (Wildman–Crippen MR) is 93.4 cm³/mol. The van der Waals surface area contributed by atoms with Crippen LogP contribution in [0.5, 0.6) is 0 Å². The Morgan fingerprint density at radius 3 is 2.50 bits per heavy atom. The lowest BCUT2D eigenvalue weighted by Crippen LogP contribution is -2.27. The van der Waals surface area contributed by atoms with E-state index in [0.717, 1.165) is 16.1 Å². The van der Waals surface area contributed by atoms with Crippen LogP contribution in [-0.2, 0) is 11.8 Å².